The van der Waals surface area contributed by atoms with Crippen LogP contribution >= 0.6 is 22.6 Å². The second kappa shape index (κ2) is 6.65. The second-order valence-electron chi connectivity index (χ2n) is 4.62. The number of rotatable bonds is 3. The number of hydrogen-bond donors (Lipinski definition) is 1. The van der Waals surface area contributed by atoms with Crippen molar-refractivity contribution in [2.24, 2.45) is 0 Å². The lowest BCUT2D eigenvalue weighted by Gasteiger charge is -2.05. The summed E-state index contributed by atoms with van der Waals surface area (Å²) in [5, 5.41) is 2.79. The largest absolute Gasteiger partial charge is 0.319 e. The van der Waals surface area contributed by atoms with Crippen LogP contribution in [0.1, 0.15) is 10.4 Å². The number of nitrogens with one attached hydrogen (secondary N) is 1. The Morgan fingerprint density at radius 2 is 1.55 bits per heavy atom. The van der Waals surface area contributed by atoms with Gasteiger partial charge in [-0.3, -0.25) is 4.79 Å². The smallest absolute Gasteiger partial charge is 0.255 e. The topological polar surface area (TPSA) is 54.9 Å². The normalized spacial score (nSPS) is 10.2. The van der Waals surface area contributed by atoms with Crippen LogP contribution in [-0.2, 0) is 0 Å². The summed E-state index contributed by atoms with van der Waals surface area (Å²) in [6, 6.07) is 17.1. The van der Waals surface area contributed by atoms with Gasteiger partial charge in [-0.1, -0.05) is 30.3 Å². The quantitative estimate of drug-likeness (QED) is 0.676. The fourth-order valence-corrected chi connectivity index (χ4v) is 2.29. The molecule has 0 unspecified atom stereocenters. The molecule has 0 saturated heterocycles. The molecule has 0 atom stereocenters. The molecule has 0 aliphatic heterocycles. The fourth-order valence-electron chi connectivity index (χ4n) is 1.93. The predicted octanol–water partition coefficient (Wildman–Crippen LogP) is 4.00. The van der Waals surface area contributed by atoms with Gasteiger partial charge in [0, 0.05) is 14.7 Å². The maximum absolute atomic E-state index is 12.1. The van der Waals surface area contributed by atoms with E-state index >= 15 is 0 Å². The molecule has 5 heteroatoms. The van der Waals surface area contributed by atoms with Crippen LogP contribution < -0.4 is 5.32 Å². The predicted molar refractivity (Wildman–Crippen MR) is 94.6 cm³/mol. The zero-order chi connectivity index (χ0) is 15.4. The van der Waals surface area contributed by atoms with Crippen molar-refractivity contribution >= 4 is 34.2 Å². The molecule has 1 amide bonds. The lowest BCUT2D eigenvalue weighted by Crippen LogP contribution is -2.12. The highest BCUT2D eigenvalue weighted by Gasteiger charge is 2.07. The van der Waals surface area contributed by atoms with Gasteiger partial charge in [0.1, 0.15) is 0 Å². The Morgan fingerprint density at radius 3 is 2.18 bits per heavy atom. The minimum absolute atomic E-state index is 0.174. The molecule has 1 heterocycles. The molecule has 3 aromatic rings. The number of hydrogen-bond acceptors (Lipinski definition) is 3. The van der Waals surface area contributed by atoms with E-state index in [4.69, 9.17) is 0 Å². The first-order valence-corrected chi connectivity index (χ1v) is 7.74. The van der Waals surface area contributed by atoms with Gasteiger partial charge in [0.05, 0.1) is 18.1 Å². The number of carbonyl (C=O) groups excluding carboxylic acids is 1. The number of nitrogens with zero attached hydrogens (tertiary/aromatic N) is 2. The van der Waals surface area contributed by atoms with Crippen molar-refractivity contribution in [1.29, 1.82) is 0 Å². The number of benzene rings is 2. The van der Waals surface area contributed by atoms with Crippen molar-refractivity contribution in [2.75, 3.05) is 5.32 Å². The number of anilines is 1. The maximum Gasteiger partial charge on any atom is 0.255 e. The summed E-state index contributed by atoms with van der Waals surface area (Å²) in [6.45, 7) is 0. The van der Waals surface area contributed by atoms with Gasteiger partial charge >= 0.3 is 0 Å². The summed E-state index contributed by atoms with van der Waals surface area (Å²) < 4.78 is 1.09. The van der Waals surface area contributed by atoms with Gasteiger partial charge in [-0.05, 0) is 46.9 Å². The Morgan fingerprint density at radius 1 is 0.909 bits per heavy atom. The van der Waals surface area contributed by atoms with Gasteiger partial charge in [-0.15, -0.1) is 0 Å². The summed E-state index contributed by atoms with van der Waals surface area (Å²) in [5.41, 5.74) is 2.12. The summed E-state index contributed by atoms with van der Waals surface area (Å²) in [7, 11) is 0. The molecule has 0 aliphatic rings. The van der Waals surface area contributed by atoms with Crippen LogP contribution in [0.4, 0.5) is 5.69 Å². The van der Waals surface area contributed by atoms with E-state index in [1.807, 2.05) is 42.5 Å². The first kappa shape index (κ1) is 14.6. The Hall–Kier alpha value is -2.28. The van der Waals surface area contributed by atoms with Crippen molar-refractivity contribution in [3.8, 4) is 11.4 Å². The lowest BCUT2D eigenvalue weighted by molar-refractivity contribution is 0.102. The molecular formula is C17H12IN3O. The first-order chi connectivity index (χ1) is 10.7. The van der Waals surface area contributed by atoms with Crippen LogP contribution in [-0.4, -0.2) is 15.9 Å². The molecule has 1 aromatic heterocycles. The number of halogens is 1. The first-order valence-electron chi connectivity index (χ1n) is 6.67. The van der Waals surface area contributed by atoms with E-state index in [9.17, 15) is 4.79 Å². The molecule has 0 saturated carbocycles. The summed E-state index contributed by atoms with van der Waals surface area (Å²) in [5.74, 6) is 0.459. The molecule has 0 radical (unpaired) electrons. The molecule has 0 fully saturated rings. The van der Waals surface area contributed by atoms with Gasteiger partial charge in [0.15, 0.2) is 5.82 Å². The molecule has 1 N–H and O–H groups in total. The van der Waals surface area contributed by atoms with Crippen LogP contribution in [0.2, 0.25) is 0 Å². The van der Waals surface area contributed by atoms with E-state index < -0.39 is 0 Å². The van der Waals surface area contributed by atoms with Gasteiger partial charge in [0.25, 0.3) is 5.91 Å². The molecule has 0 aliphatic carbocycles. The van der Waals surface area contributed by atoms with E-state index in [-0.39, 0.29) is 5.91 Å². The highest BCUT2D eigenvalue weighted by Crippen LogP contribution is 2.15. The minimum atomic E-state index is -0.174. The highest BCUT2D eigenvalue weighted by atomic mass is 127. The molecule has 108 valence electrons. The van der Waals surface area contributed by atoms with Gasteiger partial charge in [-0.2, -0.15) is 0 Å². The van der Waals surface area contributed by atoms with Crippen LogP contribution in [0.5, 0.6) is 0 Å². The fraction of sp³-hybridized carbons (Fsp3) is 0. The third-order valence-corrected chi connectivity index (χ3v) is 3.77. The standard InChI is InChI=1S/C17H12IN3O/c18-14-8-6-13(7-9-14)17(22)21-15-10-19-16(20-11-15)12-4-2-1-3-5-12/h1-11H,(H,21,22). The van der Waals surface area contributed by atoms with Crippen LogP contribution in [0.15, 0.2) is 67.0 Å². The van der Waals surface area contributed by atoms with Crippen molar-refractivity contribution in [3.05, 3.63) is 76.1 Å². The molecule has 2 aromatic carbocycles. The third kappa shape index (κ3) is 3.48. The van der Waals surface area contributed by atoms with E-state index in [1.54, 1.807) is 24.5 Å². The van der Waals surface area contributed by atoms with E-state index in [2.05, 4.69) is 37.9 Å². The van der Waals surface area contributed by atoms with E-state index in [0.717, 1.165) is 9.13 Å². The molecule has 0 bridgehead atoms. The number of aromatic nitrogens is 2. The highest BCUT2D eigenvalue weighted by molar-refractivity contribution is 14.1. The molecular weight excluding hydrogens is 389 g/mol. The monoisotopic (exact) mass is 401 g/mol. The SMILES string of the molecule is O=C(Nc1cnc(-c2ccccc2)nc1)c1ccc(I)cc1. The molecule has 0 spiro atoms. The second-order valence-corrected chi connectivity index (χ2v) is 5.87. The Labute approximate surface area is 141 Å². The molecule has 3 rings (SSSR count). The summed E-state index contributed by atoms with van der Waals surface area (Å²) in [4.78, 5) is 20.7. The van der Waals surface area contributed by atoms with Crippen LogP contribution in [0.3, 0.4) is 0 Å². The summed E-state index contributed by atoms with van der Waals surface area (Å²) in [6.07, 6.45) is 3.22. The van der Waals surface area contributed by atoms with Gasteiger partial charge < -0.3 is 5.32 Å². The number of amides is 1. The average molecular weight is 401 g/mol. The van der Waals surface area contributed by atoms with Gasteiger partial charge in [0.2, 0.25) is 0 Å². The Bertz CT molecular complexity index is 771. The van der Waals surface area contributed by atoms with Crippen molar-refractivity contribution < 1.29 is 4.79 Å². The van der Waals surface area contributed by atoms with E-state index in [0.29, 0.717) is 17.1 Å². The van der Waals surface area contributed by atoms with Crippen LogP contribution in [0, 0.1) is 3.57 Å². The van der Waals surface area contributed by atoms with Crippen molar-refractivity contribution in [3.63, 3.8) is 0 Å². The zero-order valence-electron chi connectivity index (χ0n) is 11.5. The molecule has 22 heavy (non-hydrogen) atoms. The average Bonchev–Trinajstić information content (AvgIpc) is 2.57. The van der Waals surface area contributed by atoms with Crippen LogP contribution in [0.25, 0.3) is 11.4 Å². The zero-order valence-corrected chi connectivity index (χ0v) is 13.7. The Kier molecular flexibility index (Phi) is 4.43. The molecule has 4 nitrogen and oxygen atoms in total. The number of carbonyl (C=O) groups is 1. The lowest BCUT2D eigenvalue weighted by atomic mass is 10.2. The minimum Gasteiger partial charge on any atom is -0.319 e. The van der Waals surface area contributed by atoms with E-state index in [1.165, 1.54) is 0 Å². The maximum atomic E-state index is 12.1. The van der Waals surface area contributed by atoms with Crippen molar-refractivity contribution in [2.45, 2.75) is 0 Å². The third-order valence-electron chi connectivity index (χ3n) is 3.05. The van der Waals surface area contributed by atoms with Crippen molar-refractivity contribution in [1.82, 2.24) is 9.97 Å². The Balaban J connectivity index is 1.73. The summed E-state index contributed by atoms with van der Waals surface area (Å²) >= 11 is 2.20. The van der Waals surface area contributed by atoms with Gasteiger partial charge in [-0.25, -0.2) is 9.97 Å².